The summed E-state index contributed by atoms with van der Waals surface area (Å²) in [5.74, 6) is 0.411. The molecule has 7 heteroatoms. The fraction of sp³-hybridized carbons (Fsp3) is 0.368. The van der Waals surface area contributed by atoms with Crippen molar-refractivity contribution < 1.29 is 9.53 Å². The summed E-state index contributed by atoms with van der Waals surface area (Å²) in [6.07, 6.45) is 0.856. The molecule has 1 saturated heterocycles. The lowest BCUT2D eigenvalue weighted by molar-refractivity contribution is -0.121. The second-order valence-corrected chi connectivity index (χ2v) is 6.77. The number of nitrogens with zero attached hydrogens (tertiary/aromatic N) is 4. The van der Waals surface area contributed by atoms with Crippen molar-refractivity contribution in [1.82, 2.24) is 9.97 Å². The molecular formula is C19H19N5O2. The van der Waals surface area contributed by atoms with E-state index in [2.05, 4.69) is 21.4 Å². The predicted octanol–water partition coefficient (Wildman–Crippen LogP) is 2.54. The molecule has 7 nitrogen and oxygen atoms in total. The molecule has 4 atom stereocenters. The average Bonchev–Trinajstić information content (AvgIpc) is 2.93. The van der Waals surface area contributed by atoms with Crippen molar-refractivity contribution in [1.29, 1.82) is 5.26 Å². The van der Waals surface area contributed by atoms with Gasteiger partial charge in [0.05, 0.1) is 23.4 Å². The molecule has 4 unspecified atom stereocenters. The van der Waals surface area contributed by atoms with Crippen LogP contribution in [0.1, 0.15) is 36.7 Å². The zero-order valence-corrected chi connectivity index (χ0v) is 14.8. The first-order chi connectivity index (χ1) is 12.5. The maximum Gasteiger partial charge on any atom is 0.258 e. The molecular weight excluding hydrogens is 330 g/mol. The number of nitriles is 1. The quantitative estimate of drug-likeness (QED) is 0.896. The maximum absolute atomic E-state index is 12.6. The zero-order chi connectivity index (χ0) is 18.4. The van der Waals surface area contributed by atoms with Gasteiger partial charge in [0, 0.05) is 23.4 Å². The highest BCUT2D eigenvalue weighted by Gasteiger charge is 2.49. The van der Waals surface area contributed by atoms with E-state index in [4.69, 9.17) is 4.74 Å². The lowest BCUT2D eigenvalue weighted by atomic mass is 9.86. The molecule has 2 aromatic rings. The largest absolute Gasteiger partial charge is 0.347 e. The molecule has 1 aromatic heterocycles. The summed E-state index contributed by atoms with van der Waals surface area (Å²) in [5, 5.41) is 12.7. The molecule has 0 aliphatic carbocycles. The first-order valence-electron chi connectivity index (χ1n) is 8.58. The molecule has 1 fully saturated rings. The second-order valence-electron chi connectivity index (χ2n) is 6.77. The number of benzene rings is 1. The molecule has 3 heterocycles. The van der Waals surface area contributed by atoms with Crippen LogP contribution in [0.5, 0.6) is 0 Å². The summed E-state index contributed by atoms with van der Waals surface area (Å²) in [5.41, 5.74) is 3.06. The zero-order valence-electron chi connectivity index (χ0n) is 14.8. The molecule has 2 aliphatic rings. The third-order valence-corrected chi connectivity index (χ3v) is 4.99. The van der Waals surface area contributed by atoms with E-state index in [0.29, 0.717) is 11.5 Å². The summed E-state index contributed by atoms with van der Waals surface area (Å²) in [6.45, 7) is 5.70. The Kier molecular flexibility index (Phi) is 3.85. The first-order valence-corrected chi connectivity index (χ1v) is 8.58. The van der Waals surface area contributed by atoms with Gasteiger partial charge in [-0.2, -0.15) is 5.26 Å². The Morgan fingerprint density at radius 2 is 2.12 bits per heavy atom. The molecule has 0 bridgehead atoms. The van der Waals surface area contributed by atoms with E-state index in [1.807, 2.05) is 32.0 Å². The standard InChI is InChI=1S/C19H19N5O2/c1-10-6-7-21-19(22-10)23-16-11(2)18-24(17(25)12(3)26-18)15-5-4-13(9-20)8-14(15)16/h4-8,11-12,16,18H,1-3H3,(H,21,22,23). The number of nitrogens with one attached hydrogen (secondary N) is 1. The molecule has 26 heavy (non-hydrogen) atoms. The van der Waals surface area contributed by atoms with Crippen LogP contribution in [0.4, 0.5) is 11.6 Å². The van der Waals surface area contributed by atoms with E-state index in [0.717, 1.165) is 16.9 Å². The van der Waals surface area contributed by atoms with Crippen LogP contribution < -0.4 is 10.2 Å². The first kappa shape index (κ1) is 16.5. The predicted molar refractivity (Wildman–Crippen MR) is 95.3 cm³/mol. The number of hydrogen-bond acceptors (Lipinski definition) is 6. The normalized spacial score (nSPS) is 26.8. The van der Waals surface area contributed by atoms with E-state index in [1.165, 1.54) is 0 Å². The molecule has 2 aliphatic heterocycles. The van der Waals surface area contributed by atoms with E-state index in [9.17, 15) is 10.1 Å². The number of rotatable bonds is 2. The van der Waals surface area contributed by atoms with Gasteiger partial charge in [-0.15, -0.1) is 0 Å². The lowest BCUT2D eigenvalue weighted by Gasteiger charge is -2.40. The topological polar surface area (TPSA) is 91.1 Å². The molecule has 1 N–H and O–H groups in total. The van der Waals surface area contributed by atoms with Gasteiger partial charge in [0.1, 0.15) is 12.3 Å². The van der Waals surface area contributed by atoms with Crippen molar-refractivity contribution in [3.05, 3.63) is 47.3 Å². The Bertz CT molecular complexity index is 922. The number of fused-ring (bicyclic) bond motifs is 3. The van der Waals surface area contributed by atoms with Crippen LogP contribution >= 0.6 is 0 Å². The number of aromatic nitrogens is 2. The highest BCUT2D eigenvalue weighted by molar-refractivity contribution is 6.00. The Hall–Kier alpha value is -2.98. The smallest absolute Gasteiger partial charge is 0.258 e. The molecule has 0 spiro atoms. The van der Waals surface area contributed by atoms with Gasteiger partial charge in [0.15, 0.2) is 0 Å². The van der Waals surface area contributed by atoms with E-state index in [-0.39, 0.29) is 24.1 Å². The molecule has 0 saturated carbocycles. The fourth-order valence-corrected chi connectivity index (χ4v) is 3.67. The number of hydrogen-bond donors (Lipinski definition) is 1. The van der Waals surface area contributed by atoms with Crippen LogP contribution in [0.25, 0.3) is 0 Å². The highest BCUT2D eigenvalue weighted by atomic mass is 16.5. The number of ether oxygens (including phenoxy) is 1. The van der Waals surface area contributed by atoms with Gasteiger partial charge in [-0.25, -0.2) is 9.97 Å². The molecule has 1 aromatic carbocycles. The van der Waals surface area contributed by atoms with E-state index in [1.54, 1.807) is 24.1 Å². The molecule has 0 radical (unpaired) electrons. The van der Waals surface area contributed by atoms with Crippen LogP contribution in [-0.2, 0) is 9.53 Å². The van der Waals surface area contributed by atoms with Crippen molar-refractivity contribution in [2.75, 3.05) is 10.2 Å². The monoisotopic (exact) mass is 349 g/mol. The van der Waals surface area contributed by atoms with Gasteiger partial charge in [-0.3, -0.25) is 9.69 Å². The summed E-state index contributed by atoms with van der Waals surface area (Å²) in [6, 6.07) is 9.19. The van der Waals surface area contributed by atoms with Crippen molar-refractivity contribution >= 4 is 17.5 Å². The number of carbonyl (C=O) groups excluding carboxylic acids is 1. The minimum absolute atomic E-state index is 0.0468. The Morgan fingerprint density at radius 3 is 2.85 bits per heavy atom. The van der Waals surface area contributed by atoms with Gasteiger partial charge in [0.25, 0.3) is 5.91 Å². The fourth-order valence-electron chi connectivity index (χ4n) is 3.67. The van der Waals surface area contributed by atoms with Gasteiger partial charge in [-0.1, -0.05) is 6.92 Å². The van der Waals surface area contributed by atoms with Crippen molar-refractivity contribution in [2.45, 2.75) is 39.1 Å². The number of aryl methyl sites for hydroxylation is 1. The van der Waals surface area contributed by atoms with Crippen molar-refractivity contribution in [3.8, 4) is 6.07 Å². The van der Waals surface area contributed by atoms with Crippen LogP contribution in [0.3, 0.4) is 0 Å². The minimum Gasteiger partial charge on any atom is -0.347 e. The van der Waals surface area contributed by atoms with Gasteiger partial charge in [0.2, 0.25) is 5.95 Å². The summed E-state index contributed by atoms with van der Waals surface area (Å²) < 4.78 is 5.93. The van der Waals surface area contributed by atoms with Gasteiger partial charge in [-0.05, 0) is 38.1 Å². The van der Waals surface area contributed by atoms with E-state index >= 15 is 0 Å². The van der Waals surface area contributed by atoms with E-state index < -0.39 is 6.10 Å². The highest BCUT2D eigenvalue weighted by Crippen LogP contribution is 2.45. The van der Waals surface area contributed by atoms with Crippen molar-refractivity contribution in [2.24, 2.45) is 5.92 Å². The van der Waals surface area contributed by atoms with Crippen molar-refractivity contribution in [3.63, 3.8) is 0 Å². The SMILES string of the molecule is Cc1ccnc(NC2c3cc(C#N)ccc3N3C(=O)C(C)OC3C2C)n1. The Balaban J connectivity index is 1.81. The summed E-state index contributed by atoms with van der Waals surface area (Å²) in [4.78, 5) is 23.0. The lowest BCUT2D eigenvalue weighted by Crippen LogP contribution is -2.46. The number of amides is 1. The Morgan fingerprint density at radius 1 is 1.31 bits per heavy atom. The van der Waals surface area contributed by atoms with Gasteiger partial charge >= 0.3 is 0 Å². The van der Waals surface area contributed by atoms with Crippen LogP contribution in [-0.4, -0.2) is 28.2 Å². The summed E-state index contributed by atoms with van der Waals surface area (Å²) in [7, 11) is 0. The second kappa shape index (κ2) is 6.07. The molecule has 4 rings (SSSR count). The molecule has 1 amide bonds. The van der Waals surface area contributed by atoms with Crippen LogP contribution in [0.2, 0.25) is 0 Å². The third-order valence-electron chi connectivity index (χ3n) is 4.99. The number of anilines is 2. The third kappa shape index (κ3) is 2.50. The Labute approximate surface area is 151 Å². The average molecular weight is 349 g/mol. The summed E-state index contributed by atoms with van der Waals surface area (Å²) >= 11 is 0. The van der Waals surface area contributed by atoms with Gasteiger partial charge < -0.3 is 10.1 Å². The minimum atomic E-state index is -0.486. The van der Waals surface area contributed by atoms with Crippen LogP contribution in [0.15, 0.2) is 30.5 Å². The molecule has 132 valence electrons. The maximum atomic E-state index is 12.6. The van der Waals surface area contributed by atoms with Crippen LogP contribution in [0, 0.1) is 24.2 Å². The number of carbonyl (C=O) groups is 1.